The third-order valence-corrected chi connectivity index (χ3v) is 6.33. The predicted octanol–water partition coefficient (Wildman–Crippen LogP) is 5.66. The van der Waals surface area contributed by atoms with E-state index in [2.05, 4.69) is 22.4 Å². The van der Waals surface area contributed by atoms with Crippen molar-refractivity contribution in [3.05, 3.63) is 69.7 Å². The fourth-order valence-corrected chi connectivity index (χ4v) is 4.67. The summed E-state index contributed by atoms with van der Waals surface area (Å²) in [7, 11) is 0. The molecule has 32 heavy (non-hydrogen) atoms. The molecule has 2 amide bonds. The van der Waals surface area contributed by atoms with E-state index in [1.54, 1.807) is 4.90 Å². The minimum Gasteiger partial charge on any atom is -0.444 e. The first kappa shape index (κ1) is 22.0. The number of carbonyl (C=O) groups is 2. The van der Waals surface area contributed by atoms with Gasteiger partial charge in [-0.05, 0) is 50.5 Å². The van der Waals surface area contributed by atoms with Gasteiger partial charge in [0.1, 0.15) is 5.60 Å². The van der Waals surface area contributed by atoms with E-state index < -0.39 is 5.60 Å². The van der Waals surface area contributed by atoms with Crippen molar-refractivity contribution in [3.63, 3.8) is 0 Å². The van der Waals surface area contributed by atoms with Crippen LogP contribution >= 0.6 is 11.3 Å². The molecule has 7 heteroatoms. The van der Waals surface area contributed by atoms with Gasteiger partial charge in [-0.3, -0.25) is 4.79 Å². The second kappa shape index (κ2) is 8.74. The number of anilines is 1. The van der Waals surface area contributed by atoms with E-state index in [9.17, 15) is 9.59 Å². The highest BCUT2D eigenvalue weighted by Gasteiger charge is 2.29. The second-order valence-electron chi connectivity index (χ2n) is 8.84. The number of nitrogens with one attached hydrogen (secondary N) is 1. The van der Waals surface area contributed by atoms with E-state index in [1.165, 1.54) is 11.3 Å². The molecule has 166 valence electrons. The lowest BCUT2D eigenvalue weighted by molar-refractivity contribution is 0.0225. The molecule has 0 saturated carbocycles. The van der Waals surface area contributed by atoms with E-state index in [-0.39, 0.29) is 12.0 Å². The van der Waals surface area contributed by atoms with Gasteiger partial charge >= 0.3 is 6.09 Å². The molecule has 0 aliphatic carbocycles. The quantitative estimate of drug-likeness (QED) is 0.560. The van der Waals surface area contributed by atoms with Crippen molar-refractivity contribution < 1.29 is 14.3 Å². The van der Waals surface area contributed by atoms with Crippen LogP contribution in [-0.4, -0.2) is 34.0 Å². The molecule has 0 atom stereocenters. The molecule has 2 aromatic carbocycles. The zero-order valence-corrected chi connectivity index (χ0v) is 19.6. The summed E-state index contributed by atoms with van der Waals surface area (Å²) >= 11 is 1.34. The minimum absolute atomic E-state index is 0.235. The predicted molar refractivity (Wildman–Crippen MR) is 127 cm³/mol. The van der Waals surface area contributed by atoms with E-state index in [0.717, 1.165) is 32.9 Å². The first-order valence-corrected chi connectivity index (χ1v) is 11.5. The smallest absolute Gasteiger partial charge is 0.410 e. The number of fused-ring (bicyclic) bond motifs is 1. The highest BCUT2D eigenvalue weighted by Crippen LogP contribution is 2.30. The van der Waals surface area contributed by atoms with Gasteiger partial charge in [-0.25, -0.2) is 9.78 Å². The van der Waals surface area contributed by atoms with Gasteiger partial charge in [0.25, 0.3) is 5.91 Å². The fourth-order valence-electron chi connectivity index (χ4n) is 3.65. The van der Waals surface area contributed by atoms with Crippen LogP contribution in [0.1, 0.15) is 46.7 Å². The van der Waals surface area contributed by atoms with E-state index in [1.807, 2.05) is 64.1 Å². The van der Waals surface area contributed by atoms with Gasteiger partial charge in [0.2, 0.25) is 0 Å². The van der Waals surface area contributed by atoms with Crippen LogP contribution in [0.15, 0.2) is 48.5 Å². The van der Waals surface area contributed by atoms with Crippen LogP contribution in [0, 0.1) is 6.92 Å². The Bertz CT molecular complexity index is 1150. The number of rotatable bonds is 3. The number of hydrogen-bond donors (Lipinski definition) is 1. The number of thiazole rings is 1. The van der Waals surface area contributed by atoms with Gasteiger partial charge in [-0.2, -0.15) is 0 Å². The molecule has 4 rings (SSSR count). The van der Waals surface area contributed by atoms with Gasteiger partial charge in [0, 0.05) is 23.5 Å². The first-order chi connectivity index (χ1) is 15.2. The Balaban J connectivity index is 1.49. The van der Waals surface area contributed by atoms with Crippen molar-refractivity contribution in [2.45, 2.75) is 46.3 Å². The largest absolute Gasteiger partial charge is 0.444 e. The van der Waals surface area contributed by atoms with Gasteiger partial charge in [-0.1, -0.05) is 42.5 Å². The Morgan fingerprint density at radius 1 is 1.09 bits per heavy atom. The molecule has 1 aliphatic heterocycles. The summed E-state index contributed by atoms with van der Waals surface area (Å²) in [5.41, 5.74) is 4.30. The van der Waals surface area contributed by atoms with E-state index in [4.69, 9.17) is 4.74 Å². The molecule has 0 fully saturated rings. The number of nitrogens with zero attached hydrogens (tertiary/aromatic N) is 2. The van der Waals surface area contributed by atoms with Crippen molar-refractivity contribution in [1.29, 1.82) is 0 Å². The van der Waals surface area contributed by atoms with Crippen LogP contribution in [0.25, 0.3) is 11.1 Å². The van der Waals surface area contributed by atoms with Crippen molar-refractivity contribution in [3.8, 4) is 11.1 Å². The summed E-state index contributed by atoms with van der Waals surface area (Å²) in [5.74, 6) is -0.235. The first-order valence-electron chi connectivity index (χ1n) is 10.6. The van der Waals surface area contributed by atoms with Gasteiger partial charge in [0.05, 0.1) is 12.2 Å². The molecular weight excluding hydrogens is 422 g/mol. The highest BCUT2D eigenvalue weighted by molar-refractivity contribution is 7.13. The molecule has 6 nitrogen and oxygen atoms in total. The lowest BCUT2D eigenvalue weighted by Crippen LogP contribution is -2.39. The summed E-state index contributed by atoms with van der Waals surface area (Å²) in [4.78, 5) is 32.5. The maximum Gasteiger partial charge on any atom is 0.410 e. The molecule has 1 N–H and O–H groups in total. The zero-order valence-electron chi connectivity index (χ0n) is 18.8. The van der Waals surface area contributed by atoms with Crippen LogP contribution in [-0.2, 0) is 17.7 Å². The summed E-state index contributed by atoms with van der Waals surface area (Å²) < 4.78 is 5.48. The van der Waals surface area contributed by atoms with E-state index >= 15 is 0 Å². The lowest BCUT2D eigenvalue weighted by atomic mass is 9.99. The number of benzene rings is 2. The summed E-state index contributed by atoms with van der Waals surface area (Å²) in [5, 5.41) is 3.42. The molecule has 1 aromatic heterocycles. The van der Waals surface area contributed by atoms with Crippen LogP contribution < -0.4 is 5.32 Å². The van der Waals surface area contributed by atoms with Gasteiger partial charge < -0.3 is 15.0 Å². The normalized spacial score (nSPS) is 13.4. The Morgan fingerprint density at radius 3 is 2.56 bits per heavy atom. The third kappa shape index (κ3) is 4.83. The summed E-state index contributed by atoms with van der Waals surface area (Å²) in [6, 6.07) is 16.0. The number of aromatic nitrogens is 1. The zero-order chi connectivity index (χ0) is 22.9. The van der Waals surface area contributed by atoms with Crippen molar-refractivity contribution in [2.24, 2.45) is 0 Å². The van der Waals surface area contributed by atoms with Crippen LogP contribution in [0.2, 0.25) is 0 Å². The highest BCUT2D eigenvalue weighted by atomic mass is 32.1. The molecule has 0 unspecified atom stereocenters. The Kier molecular flexibility index (Phi) is 6.02. The Hall–Kier alpha value is -3.19. The maximum absolute atomic E-state index is 13.0. The topological polar surface area (TPSA) is 71.5 Å². The number of ether oxygens (including phenoxy) is 1. The molecule has 0 bridgehead atoms. The molecule has 0 radical (unpaired) electrons. The monoisotopic (exact) mass is 449 g/mol. The van der Waals surface area contributed by atoms with E-state index in [0.29, 0.717) is 24.5 Å². The molecule has 2 heterocycles. The van der Waals surface area contributed by atoms with Crippen LogP contribution in [0.5, 0.6) is 0 Å². The molecular formula is C25H27N3O3S. The number of hydrogen-bond acceptors (Lipinski definition) is 5. The Morgan fingerprint density at radius 2 is 1.84 bits per heavy atom. The van der Waals surface area contributed by atoms with Gasteiger partial charge in [0.15, 0.2) is 5.01 Å². The fraction of sp³-hybridized carbons (Fsp3) is 0.320. The average Bonchev–Trinajstić information content (AvgIpc) is 3.18. The maximum atomic E-state index is 13.0. The van der Waals surface area contributed by atoms with Crippen LogP contribution in [0.4, 0.5) is 10.5 Å². The Labute approximate surface area is 192 Å². The summed E-state index contributed by atoms with van der Waals surface area (Å²) in [6.45, 7) is 8.50. The average molecular weight is 450 g/mol. The molecule has 0 saturated heterocycles. The van der Waals surface area contributed by atoms with Crippen molar-refractivity contribution in [1.82, 2.24) is 9.88 Å². The van der Waals surface area contributed by atoms with Crippen molar-refractivity contribution in [2.75, 3.05) is 11.9 Å². The second-order valence-corrected chi connectivity index (χ2v) is 9.92. The standard InChI is InChI=1S/C25H27N3O3S/c1-16-18(17-9-6-5-7-10-17)11-8-12-19(16)26-22(29)23-27-20-13-14-28(15-21(20)32-23)24(30)31-25(2,3)4/h5-12H,13-15H2,1-4H3,(H,26,29). The minimum atomic E-state index is -0.539. The number of amides is 2. The molecule has 3 aromatic rings. The van der Waals surface area contributed by atoms with Crippen LogP contribution in [0.3, 0.4) is 0 Å². The third-order valence-electron chi connectivity index (χ3n) is 5.24. The molecule has 1 aliphatic rings. The van der Waals surface area contributed by atoms with Gasteiger partial charge in [-0.15, -0.1) is 11.3 Å². The number of carbonyl (C=O) groups excluding carboxylic acids is 2. The lowest BCUT2D eigenvalue weighted by Gasteiger charge is -2.29. The molecule has 0 spiro atoms. The SMILES string of the molecule is Cc1c(NC(=O)c2nc3c(s2)CN(C(=O)OC(C)(C)C)CC3)cccc1-c1ccccc1. The van der Waals surface area contributed by atoms with Crippen molar-refractivity contribution >= 4 is 29.0 Å². The summed E-state index contributed by atoms with van der Waals surface area (Å²) in [6.07, 6.45) is 0.275.